The summed E-state index contributed by atoms with van der Waals surface area (Å²) in [5.41, 5.74) is 0. The number of aliphatic hydroxyl groups excluding tert-OH is 2. The molecule has 0 aliphatic heterocycles. The predicted molar refractivity (Wildman–Crippen MR) is 125 cm³/mol. The minimum atomic E-state index is -0.658. The van der Waals surface area contributed by atoms with Crippen LogP contribution in [-0.4, -0.2) is 86.1 Å². The first-order valence-electron chi connectivity index (χ1n) is 9.91. The first kappa shape index (κ1) is 25.1. The Morgan fingerprint density at radius 3 is 1.53 bits per heavy atom. The summed E-state index contributed by atoms with van der Waals surface area (Å²) in [5.74, 6) is 3.21. The highest BCUT2D eigenvalue weighted by Crippen LogP contribution is 2.25. The van der Waals surface area contributed by atoms with Crippen molar-refractivity contribution in [2.45, 2.75) is 12.2 Å². The van der Waals surface area contributed by atoms with E-state index in [4.69, 9.17) is 18.9 Å². The fourth-order valence-corrected chi connectivity index (χ4v) is 3.15. The minimum absolute atomic E-state index is 0.183. The zero-order valence-corrected chi connectivity index (χ0v) is 19.3. The standard InChI is InChI=1S/C22H32O6S2/c1-29-9-7-25-13-19(23)15-27-21-5-3-18-12-22(6-4-17(18)11-21)28-16-20(24)14-26-8-10-30-2/h3-6,11-12,19-20,23-24H,7-10,13-16H2,1-2H3. The third-order valence-electron chi connectivity index (χ3n) is 4.15. The van der Waals surface area contributed by atoms with Crippen molar-refractivity contribution < 1.29 is 29.2 Å². The van der Waals surface area contributed by atoms with Crippen LogP contribution in [0.2, 0.25) is 0 Å². The van der Waals surface area contributed by atoms with Gasteiger partial charge in [-0.3, -0.25) is 0 Å². The fraction of sp³-hybridized carbons (Fsp3) is 0.545. The van der Waals surface area contributed by atoms with Gasteiger partial charge in [0, 0.05) is 11.5 Å². The van der Waals surface area contributed by atoms with Crippen LogP contribution in [0, 0.1) is 0 Å². The van der Waals surface area contributed by atoms with Crippen molar-refractivity contribution in [1.82, 2.24) is 0 Å². The van der Waals surface area contributed by atoms with Crippen LogP contribution in [0.4, 0.5) is 0 Å². The summed E-state index contributed by atoms with van der Waals surface area (Å²) in [7, 11) is 0. The molecule has 0 fully saturated rings. The van der Waals surface area contributed by atoms with Crippen LogP contribution in [0.5, 0.6) is 11.5 Å². The maximum atomic E-state index is 9.94. The molecule has 2 N–H and O–H groups in total. The van der Waals surface area contributed by atoms with E-state index in [1.165, 1.54) is 0 Å². The number of fused-ring (bicyclic) bond motifs is 1. The summed E-state index contributed by atoms with van der Waals surface area (Å²) in [6.07, 6.45) is 2.72. The van der Waals surface area contributed by atoms with Gasteiger partial charge in [0.15, 0.2) is 0 Å². The molecule has 0 spiro atoms. The van der Waals surface area contributed by atoms with Gasteiger partial charge < -0.3 is 29.2 Å². The molecule has 6 nitrogen and oxygen atoms in total. The van der Waals surface area contributed by atoms with Crippen molar-refractivity contribution in [3.63, 3.8) is 0 Å². The summed E-state index contributed by atoms with van der Waals surface area (Å²) < 4.78 is 22.1. The van der Waals surface area contributed by atoms with E-state index in [9.17, 15) is 10.2 Å². The Morgan fingerprint density at radius 1 is 0.700 bits per heavy atom. The van der Waals surface area contributed by atoms with E-state index in [1.807, 2.05) is 48.9 Å². The Bertz CT molecular complexity index is 669. The Balaban J connectivity index is 1.78. The monoisotopic (exact) mass is 456 g/mol. The summed E-state index contributed by atoms with van der Waals surface area (Å²) in [5, 5.41) is 21.9. The summed E-state index contributed by atoms with van der Waals surface area (Å²) in [6.45, 7) is 2.15. The van der Waals surface area contributed by atoms with E-state index in [0.717, 1.165) is 22.3 Å². The molecule has 0 amide bonds. The largest absolute Gasteiger partial charge is 0.491 e. The Morgan fingerprint density at radius 2 is 1.13 bits per heavy atom. The van der Waals surface area contributed by atoms with Crippen LogP contribution in [0.25, 0.3) is 10.8 Å². The number of benzene rings is 2. The molecule has 2 aromatic carbocycles. The highest BCUT2D eigenvalue weighted by atomic mass is 32.2. The van der Waals surface area contributed by atoms with Crippen molar-refractivity contribution in [2.75, 3.05) is 63.7 Å². The predicted octanol–water partition coefficient (Wildman–Crippen LogP) is 3.08. The SMILES string of the molecule is CSCCOCC(O)COc1ccc2cc(OCC(O)COCCSC)ccc2c1. The number of ether oxygens (including phenoxy) is 4. The molecule has 0 saturated heterocycles. The lowest BCUT2D eigenvalue weighted by Crippen LogP contribution is -2.24. The van der Waals surface area contributed by atoms with Gasteiger partial charge in [-0.2, -0.15) is 23.5 Å². The second-order valence-electron chi connectivity index (χ2n) is 6.74. The second-order valence-corrected chi connectivity index (χ2v) is 8.71. The van der Waals surface area contributed by atoms with Gasteiger partial charge in [-0.05, 0) is 47.5 Å². The molecule has 0 radical (unpaired) electrons. The van der Waals surface area contributed by atoms with Gasteiger partial charge in [0.1, 0.15) is 36.9 Å². The smallest absolute Gasteiger partial charge is 0.120 e. The molecule has 2 rings (SSSR count). The lowest BCUT2D eigenvalue weighted by Gasteiger charge is -2.14. The maximum absolute atomic E-state index is 9.94. The normalized spacial score (nSPS) is 13.3. The molecule has 0 aliphatic carbocycles. The number of thioether (sulfide) groups is 2. The van der Waals surface area contributed by atoms with Crippen LogP contribution in [-0.2, 0) is 9.47 Å². The van der Waals surface area contributed by atoms with Crippen molar-refractivity contribution in [3.05, 3.63) is 36.4 Å². The second kappa shape index (κ2) is 14.8. The topological polar surface area (TPSA) is 77.4 Å². The van der Waals surface area contributed by atoms with Crippen molar-refractivity contribution in [1.29, 1.82) is 0 Å². The lowest BCUT2D eigenvalue weighted by atomic mass is 10.1. The van der Waals surface area contributed by atoms with E-state index in [2.05, 4.69) is 0 Å². The Labute approximate surface area is 187 Å². The fourth-order valence-electron chi connectivity index (χ4n) is 2.59. The molecule has 2 unspecified atom stereocenters. The van der Waals surface area contributed by atoms with Crippen LogP contribution in [0.15, 0.2) is 36.4 Å². The lowest BCUT2D eigenvalue weighted by molar-refractivity contribution is 0.0173. The molecule has 2 aromatic rings. The highest BCUT2D eigenvalue weighted by Gasteiger charge is 2.08. The van der Waals surface area contributed by atoms with E-state index < -0.39 is 12.2 Å². The zero-order chi connectivity index (χ0) is 21.6. The Hall–Kier alpha value is -1.16. The van der Waals surface area contributed by atoms with Crippen LogP contribution in [0.1, 0.15) is 0 Å². The zero-order valence-electron chi connectivity index (χ0n) is 17.6. The van der Waals surface area contributed by atoms with Gasteiger partial charge in [-0.1, -0.05) is 12.1 Å². The number of hydrogen-bond acceptors (Lipinski definition) is 8. The van der Waals surface area contributed by atoms with Gasteiger partial charge in [-0.25, -0.2) is 0 Å². The van der Waals surface area contributed by atoms with E-state index >= 15 is 0 Å². The summed E-state index contributed by atoms with van der Waals surface area (Å²) in [6, 6.07) is 11.5. The molecular weight excluding hydrogens is 424 g/mol. The third-order valence-corrected chi connectivity index (χ3v) is 5.30. The minimum Gasteiger partial charge on any atom is -0.491 e. The van der Waals surface area contributed by atoms with Gasteiger partial charge in [0.25, 0.3) is 0 Å². The maximum Gasteiger partial charge on any atom is 0.120 e. The van der Waals surface area contributed by atoms with Crippen molar-refractivity contribution in [3.8, 4) is 11.5 Å². The highest BCUT2D eigenvalue weighted by molar-refractivity contribution is 7.98. The molecular formula is C22H32O6S2. The van der Waals surface area contributed by atoms with E-state index in [0.29, 0.717) is 24.7 Å². The first-order chi connectivity index (χ1) is 14.6. The Kier molecular flexibility index (Phi) is 12.4. The molecule has 0 saturated carbocycles. The van der Waals surface area contributed by atoms with Crippen molar-refractivity contribution >= 4 is 34.3 Å². The molecule has 8 heteroatoms. The van der Waals surface area contributed by atoms with Gasteiger partial charge in [0.05, 0.1) is 26.4 Å². The summed E-state index contributed by atoms with van der Waals surface area (Å²) in [4.78, 5) is 0. The van der Waals surface area contributed by atoms with Gasteiger partial charge >= 0.3 is 0 Å². The van der Waals surface area contributed by atoms with Crippen LogP contribution in [0.3, 0.4) is 0 Å². The molecule has 0 bridgehead atoms. The van der Waals surface area contributed by atoms with E-state index in [1.54, 1.807) is 23.5 Å². The van der Waals surface area contributed by atoms with Crippen molar-refractivity contribution in [2.24, 2.45) is 0 Å². The molecule has 0 aromatic heterocycles. The summed E-state index contributed by atoms with van der Waals surface area (Å²) >= 11 is 3.42. The first-order valence-corrected chi connectivity index (χ1v) is 12.7. The van der Waals surface area contributed by atoms with E-state index in [-0.39, 0.29) is 26.4 Å². The number of hydrogen-bond donors (Lipinski definition) is 2. The van der Waals surface area contributed by atoms with Crippen LogP contribution >= 0.6 is 23.5 Å². The van der Waals surface area contributed by atoms with Crippen LogP contribution < -0.4 is 9.47 Å². The molecule has 0 aliphatic rings. The quantitative estimate of drug-likeness (QED) is 0.373. The number of rotatable bonds is 16. The third kappa shape index (κ3) is 9.76. The molecule has 0 heterocycles. The molecule has 168 valence electrons. The average Bonchev–Trinajstić information content (AvgIpc) is 2.76. The average molecular weight is 457 g/mol. The van der Waals surface area contributed by atoms with Gasteiger partial charge in [0.2, 0.25) is 0 Å². The number of aliphatic hydroxyl groups is 2. The molecule has 2 atom stereocenters. The van der Waals surface area contributed by atoms with Gasteiger partial charge in [-0.15, -0.1) is 0 Å². The molecule has 30 heavy (non-hydrogen) atoms.